The van der Waals surface area contributed by atoms with Crippen molar-refractivity contribution in [1.82, 2.24) is 19.5 Å². The van der Waals surface area contributed by atoms with Crippen molar-refractivity contribution in [1.29, 1.82) is 0 Å². The molecule has 10 aromatic carbocycles. The Hall–Kier alpha value is -7.73. The standard InChI is InChI=1S/C55H32N4S/c1-2-14-35(15-3-1)53-56-54(58-55(57-53)44-21-12-24-49-52(44)43-20-9-11-23-48(43)60-49)41-30-31-46(38-18-7-6-17-37(38)41)59-45-22-10-8-19-42(45)51-40-28-27-34-26-25-33-13-4-5-16-36(33)50(34)39(40)29-32-47(51)59/h1-32H. The Morgan fingerprint density at radius 2 is 0.950 bits per heavy atom. The Balaban J connectivity index is 1.06. The predicted molar refractivity (Wildman–Crippen MR) is 253 cm³/mol. The molecule has 0 atom stereocenters. The van der Waals surface area contributed by atoms with Crippen LogP contribution in [-0.2, 0) is 0 Å². The van der Waals surface area contributed by atoms with E-state index < -0.39 is 0 Å². The minimum absolute atomic E-state index is 0.644. The fourth-order valence-electron chi connectivity index (χ4n) is 9.61. The maximum atomic E-state index is 5.33. The van der Waals surface area contributed by atoms with E-state index in [1.807, 2.05) is 18.2 Å². The lowest BCUT2D eigenvalue weighted by Gasteiger charge is -2.15. The second kappa shape index (κ2) is 12.9. The van der Waals surface area contributed by atoms with E-state index in [1.54, 1.807) is 11.3 Å². The van der Waals surface area contributed by atoms with Gasteiger partial charge in [-0.25, -0.2) is 15.0 Å². The number of rotatable bonds is 4. The molecule has 3 aromatic heterocycles. The summed E-state index contributed by atoms with van der Waals surface area (Å²) in [5.41, 5.74) is 6.36. The van der Waals surface area contributed by atoms with Gasteiger partial charge >= 0.3 is 0 Å². The highest BCUT2D eigenvalue weighted by atomic mass is 32.1. The van der Waals surface area contributed by atoms with Crippen LogP contribution in [0.15, 0.2) is 194 Å². The van der Waals surface area contributed by atoms with E-state index in [4.69, 9.17) is 15.0 Å². The summed E-state index contributed by atoms with van der Waals surface area (Å²) >= 11 is 1.80. The molecule has 13 aromatic rings. The Morgan fingerprint density at radius 3 is 1.83 bits per heavy atom. The first-order chi connectivity index (χ1) is 29.8. The first kappa shape index (κ1) is 33.3. The van der Waals surface area contributed by atoms with Crippen LogP contribution in [0, 0.1) is 0 Å². The first-order valence-electron chi connectivity index (χ1n) is 20.3. The van der Waals surface area contributed by atoms with Crippen molar-refractivity contribution in [3.05, 3.63) is 194 Å². The summed E-state index contributed by atoms with van der Waals surface area (Å²) in [7, 11) is 0. The Bertz CT molecular complexity index is 3900. The number of thiophene rings is 1. The SMILES string of the molecule is c1ccc(-c2nc(-c3ccc(-n4c5ccccc5c5c6ccc7ccc8ccccc8c7c6ccc54)c4ccccc34)nc(-c3cccc4sc5ccccc5c34)n2)cc1. The zero-order valence-corrected chi connectivity index (χ0v) is 33.0. The number of nitrogens with zero attached hydrogens (tertiary/aromatic N) is 4. The highest BCUT2D eigenvalue weighted by Gasteiger charge is 2.21. The monoisotopic (exact) mass is 780 g/mol. The summed E-state index contributed by atoms with van der Waals surface area (Å²) in [5.74, 6) is 1.95. The largest absolute Gasteiger partial charge is 0.309 e. The number of aromatic nitrogens is 4. The molecule has 0 bridgehead atoms. The van der Waals surface area contributed by atoms with E-state index in [-0.39, 0.29) is 0 Å². The van der Waals surface area contributed by atoms with Gasteiger partial charge in [0.15, 0.2) is 17.5 Å². The van der Waals surface area contributed by atoms with Gasteiger partial charge in [-0.2, -0.15) is 0 Å². The molecule has 4 nitrogen and oxygen atoms in total. The molecule has 0 aliphatic carbocycles. The van der Waals surface area contributed by atoms with Crippen LogP contribution >= 0.6 is 11.3 Å². The summed E-state index contributed by atoms with van der Waals surface area (Å²) in [6.45, 7) is 0. The topological polar surface area (TPSA) is 43.6 Å². The van der Waals surface area contributed by atoms with E-state index in [9.17, 15) is 0 Å². The third-order valence-electron chi connectivity index (χ3n) is 12.2. The molecule has 0 saturated carbocycles. The molecule has 0 amide bonds. The third-order valence-corrected chi connectivity index (χ3v) is 13.4. The molecule has 0 saturated heterocycles. The number of hydrogen-bond acceptors (Lipinski definition) is 4. The van der Waals surface area contributed by atoms with Gasteiger partial charge in [0.25, 0.3) is 0 Å². The maximum absolute atomic E-state index is 5.33. The van der Waals surface area contributed by atoms with Gasteiger partial charge in [0.1, 0.15) is 0 Å². The van der Waals surface area contributed by atoms with Crippen molar-refractivity contribution in [2.24, 2.45) is 0 Å². The van der Waals surface area contributed by atoms with Crippen LogP contribution < -0.4 is 0 Å². The Morgan fingerprint density at radius 1 is 0.317 bits per heavy atom. The molecule has 5 heteroatoms. The molecule has 0 spiro atoms. The molecule has 0 aliphatic heterocycles. The van der Waals surface area contributed by atoms with Crippen LogP contribution in [0.2, 0.25) is 0 Å². The molecular formula is C55H32N4S. The van der Waals surface area contributed by atoms with Crippen molar-refractivity contribution in [3.63, 3.8) is 0 Å². The molecular weight excluding hydrogens is 749 g/mol. The van der Waals surface area contributed by atoms with E-state index >= 15 is 0 Å². The van der Waals surface area contributed by atoms with Crippen molar-refractivity contribution < 1.29 is 0 Å². The zero-order valence-electron chi connectivity index (χ0n) is 32.2. The van der Waals surface area contributed by atoms with Gasteiger partial charge in [-0.1, -0.05) is 158 Å². The van der Waals surface area contributed by atoms with Crippen LogP contribution in [0.5, 0.6) is 0 Å². The molecule has 0 N–H and O–H groups in total. The number of benzene rings is 10. The number of para-hydroxylation sites is 1. The van der Waals surface area contributed by atoms with Crippen LogP contribution in [0.4, 0.5) is 0 Å². The maximum Gasteiger partial charge on any atom is 0.164 e. The van der Waals surface area contributed by atoms with E-state index in [0.717, 1.165) is 33.2 Å². The minimum atomic E-state index is 0.644. The summed E-state index contributed by atoms with van der Waals surface area (Å²) in [5, 5.41) is 14.7. The molecule has 0 unspecified atom stereocenters. The van der Waals surface area contributed by atoms with Crippen LogP contribution in [0.25, 0.3) is 125 Å². The van der Waals surface area contributed by atoms with E-state index in [2.05, 4.69) is 180 Å². The molecule has 60 heavy (non-hydrogen) atoms. The Labute approximate surface area is 348 Å². The fraction of sp³-hybridized carbons (Fsp3) is 0. The van der Waals surface area contributed by atoms with Gasteiger partial charge in [0.2, 0.25) is 0 Å². The highest BCUT2D eigenvalue weighted by molar-refractivity contribution is 7.25. The summed E-state index contributed by atoms with van der Waals surface area (Å²) in [6.07, 6.45) is 0. The minimum Gasteiger partial charge on any atom is -0.309 e. The summed E-state index contributed by atoms with van der Waals surface area (Å²) in [4.78, 5) is 15.7. The van der Waals surface area contributed by atoms with E-state index in [1.165, 1.54) is 74.3 Å². The van der Waals surface area contributed by atoms with Crippen LogP contribution in [0.3, 0.4) is 0 Å². The lowest BCUT2D eigenvalue weighted by atomic mass is 9.94. The quantitative estimate of drug-likeness (QED) is 0.167. The van der Waals surface area contributed by atoms with Gasteiger partial charge in [-0.05, 0) is 74.1 Å². The molecule has 0 aliphatic rings. The zero-order chi connectivity index (χ0) is 39.3. The fourth-order valence-corrected chi connectivity index (χ4v) is 10.7. The van der Waals surface area contributed by atoms with Gasteiger partial charge in [-0.15, -0.1) is 11.3 Å². The smallest absolute Gasteiger partial charge is 0.164 e. The van der Waals surface area contributed by atoms with Gasteiger partial charge < -0.3 is 4.57 Å². The molecule has 278 valence electrons. The average Bonchev–Trinajstić information content (AvgIpc) is 3.87. The van der Waals surface area contributed by atoms with Crippen molar-refractivity contribution in [2.75, 3.05) is 0 Å². The predicted octanol–water partition coefficient (Wildman–Crippen LogP) is 15.0. The van der Waals surface area contributed by atoms with E-state index in [0.29, 0.717) is 17.5 Å². The average molecular weight is 781 g/mol. The van der Waals surface area contributed by atoms with Gasteiger partial charge in [-0.3, -0.25) is 0 Å². The Kier molecular flexibility index (Phi) is 7.14. The normalized spacial score (nSPS) is 12.0. The van der Waals surface area contributed by atoms with Crippen molar-refractivity contribution in [3.8, 4) is 39.9 Å². The molecule has 0 radical (unpaired) electrons. The van der Waals surface area contributed by atoms with Crippen molar-refractivity contribution in [2.45, 2.75) is 0 Å². The highest BCUT2D eigenvalue weighted by Crippen LogP contribution is 2.44. The molecule has 13 rings (SSSR count). The first-order valence-corrected chi connectivity index (χ1v) is 21.1. The second-order valence-corrected chi connectivity index (χ2v) is 16.6. The van der Waals surface area contributed by atoms with Crippen molar-refractivity contribution >= 4 is 96.4 Å². The second-order valence-electron chi connectivity index (χ2n) is 15.5. The van der Waals surface area contributed by atoms with Gasteiger partial charge in [0, 0.05) is 53.0 Å². The summed E-state index contributed by atoms with van der Waals surface area (Å²) in [6, 6.07) is 69.7. The third kappa shape index (κ3) is 4.87. The molecule has 0 fully saturated rings. The lowest BCUT2D eigenvalue weighted by Crippen LogP contribution is -2.02. The molecule has 3 heterocycles. The number of fused-ring (bicyclic) bond motifs is 13. The lowest BCUT2D eigenvalue weighted by molar-refractivity contribution is 1.08. The number of hydrogen-bond donors (Lipinski definition) is 0. The van der Waals surface area contributed by atoms with Gasteiger partial charge in [0.05, 0.1) is 16.7 Å². The summed E-state index contributed by atoms with van der Waals surface area (Å²) < 4.78 is 4.91. The van der Waals surface area contributed by atoms with Crippen LogP contribution in [-0.4, -0.2) is 19.5 Å². The van der Waals surface area contributed by atoms with Crippen LogP contribution in [0.1, 0.15) is 0 Å².